The van der Waals surface area contributed by atoms with E-state index in [1.165, 1.54) is 13.2 Å². The van der Waals surface area contributed by atoms with Gasteiger partial charge in [0.2, 0.25) is 0 Å². The van der Waals surface area contributed by atoms with Crippen molar-refractivity contribution >= 4 is 18.7 Å². The summed E-state index contributed by atoms with van der Waals surface area (Å²) in [6.45, 7) is 0.722. The minimum absolute atomic E-state index is 0.370. The molecule has 0 bridgehead atoms. The Bertz CT molecular complexity index is 413. The average molecular weight is 223 g/mol. The Balaban J connectivity index is 2.50. The van der Waals surface area contributed by atoms with Crippen LogP contribution < -0.4 is 5.59 Å². The summed E-state index contributed by atoms with van der Waals surface area (Å²) in [6, 6.07) is 1.51. The van der Waals surface area contributed by atoms with Gasteiger partial charge in [0.05, 0.1) is 12.7 Å². The zero-order chi connectivity index (χ0) is 11.7. The van der Waals surface area contributed by atoms with Crippen molar-refractivity contribution in [2.24, 2.45) is 0 Å². The third-order valence-electron chi connectivity index (χ3n) is 2.96. The fourth-order valence-electron chi connectivity index (χ4n) is 2.21. The highest BCUT2D eigenvalue weighted by molar-refractivity contribution is 6.58. The van der Waals surface area contributed by atoms with Gasteiger partial charge in [0.1, 0.15) is 0 Å². The number of nitrogens with zero attached hydrogens (tertiary/aromatic N) is 1. The van der Waals surface area contributed by atoms with Gasteiger partial charge >= 0.3 is 13.1 Å². The Hall–Kier alpha value is -1.27. The highest BCUT2D eigenvalue weighted by Crippen LogP contribution is 2.19. The summed E-state index contributed by atoms with van der Waals surface area (Å²) < 4.78 is 6.49. The third-order valence-corrected chi connectivity index (χ3v) is 2.96. The molecule has 0 spiro atoms. The molecule has 1 aliphatic rings. The molecular weight excluding hydrogens is 209 g/mol. The zero-order valence-electron chi connectivity index (χ0n) is 9.14. The largest absolute Gasteiger partial charge is 0.505 e. The van der Waals surface area contributed by atoms with Gasteiger partial charge in [-0.3, -0.25) is 0 Å². The molecular formula is C10H14BNO4. The fourth-order valence-corrected chi connectivity index (χ4v) is 2.21. The highest BCUT2D eigenvalue weighted by atomic mass is 16.5. The molecule has 5 nitrogen and oxygen atoms in total. The number of carbonyl (C=O) groups is 1. The molecule has 2 heterocycles. The van der Waals surface area contributed by atoms with E-state index in [-0.39, 0.29) is 0 Å². The molecule has 1 aromatic rings. The molecule has 2 rings (SSSR count). The topological polar surface area (TPSA) is 71.7 Å². The molecule has 0 amide bonds. The van der Waals surface area contributed by atoms with Gasteiger partial charge in [0, 0.05) is 17.8 Å². The lowest BCUT2D eigenvalue weighted by Crippen LogP contribution is -2.37. The predicted molar refractivity (Wildman–Crippen MR) is 58.5 cm³/mol. The molecule has 6 heteroatoms. The first-order valence-corrected chi connectivity index (χ1v) is 5.32. The fraction of sp³-hybridized carbons (Fsp3) is 0.500. The van der Waals surface area contributed by atoms with E-state index in [1.807, 2.05) is 0 Å². The van der Waals surface area contributed by atoms with Gasteiger partial charge < -0.3 is 19.4 Å². The normalized spacial score (nSPS) is 14.4. The molecule has 0 saturated carbocycles. The Labute approximate surface area is 93.8 Å². The van der Waals surface area contributed by atoms with Crippen LogP contribution in [0.4, 0.5) is 0 Å². The van der Waals surface area contributed by atoms with Crippen molar-refractivity contribution in [2.45, 2.75) is 25.8 Å². The smallest absolute Gasteiger partial charge is 0.465 e. The maximum Gasteiger partial charge on any atom is 0.505 e. The molecule has 1 aliphatic heterocycles. The number of carbonyl (C=O) groups excluding carboxylic acids is 1. The molecule has 0 atom stereocenters. The first-order valence-electron chi connectivity index (χ1n) is 5.32. The van der Waals surface area contributed by atoms with Crippen molar-refractivity contribution in [3.8, 4) is 0 Å². The monoisotopic (exact) mass is 223 g/mol. The van der Waals surface area contributed by atoms with E-state index in [2.05, 4.69) is 4.74 Å². The Morgan fingerprint density at radius 2 is 2.25 bits per heavy atom. The van der Waals surface area contributed by atoms with E-state index in [1.54, 1.807) is 4.57 Å². The highest BCUT2D eigenvalue weighted by Gasteiger charge is 2.27. The van der Waals surface area contributed by atoms with Gasteiger partial charge in [-0.2, -0.15) is 0 Å². The van der Waals surface area contributed by atoms with Crippen LogP contribution in [-0.2, 0) is 17.7 Å². The van der Waals surface area contributed by atoms with Crippen LogP contribution in [-0.4, -0.2) is 34.8 Å². The van der Waals surface area contributed by atoms with E-state index >= 15 is 0 Å². The lowest BCUT2D eigenvalue weighted by atomic mass is 9.86. The van der Waals surface area contributed by atoms with Crippen LogP contribution in [0.1, 0.15) is 28.9 Å². The van der Waals surface area contributed by atoms with Crippen LogP contribution in [0.15, 0.2) is 6.07 Å². The number of hydrogen-bond donors (Lipinski definition) is 2. The van der Waals surface area contributed by atoms with Crippen LogP contribution in [0, 0.1) is 0 Å². The number of esters is 1. The van der Waals surface area contributed by atoms with Gasteiger partial charge in [-0.05, 0) is 25.3 Å². The molecule has 0 saturated heterocycles. The maximum atomic E-state index is 11.5. The van der Waals surface area contributed by atoms with E-state index in [4.69, 9.17) is 0 Å². The van der Waals surface area contributed by atoms with E-state index in [9.17, 15) is 14.8 Å². The molecule has 2 N–H and O–H groups in total. The van der Waals surface area contributed by atoms with Gasteiger partial charge in [-0.25, -0.2) is 4.79 Å². The van der Waals surface area contributed by atoms with Gasteiger partial charge in [0.25, 0.3) is 0 Å². The third kappa shape index (κ3) is 1.74. The van der Waals surface area contributed by atoms with Gasteiger partial charge in [-0.1, -0.05) is 0 Å². The van der Waals surface area contributed by atoms with Crippen LogP contribution in [0.3, 0.4) is 0 Å². The molecule has 0 aliphatic carbocycles. The number of methoxy groups -OCH3 is 1. The van der Waals surface area contributed by atoms with Crippen molar-refractivity contribution in [1.82, 2.24) is 4.57 Å². The lowest BCUT2D eigenvalue weighted by molar-refractivity contribution is 0.0599. The Morgan fingerprint density at radius 3 is 2.88 bits per heavy atom. The standard InChI is InChI=1S/C10H14BNO4/c1-16-10(13)7-6-9(11(14)15)12-5-3-2-4-8(7)12/h6,14-15H,2-5H2,1H3. The van der Waals surface area contributed by atoms with E-state index in [0.29, 0.717) is 11.2 Å². The van der Waals surface area contributed by atoms with Crippen molar-refractivity contribution in [2.75, 3.05) is 7.11 Å². The van der Waals surface area contributed by atoms with Crippen molar-refractivity contribution in [3.63, 3.8) is 0 Å². The number of hydrogen-bond acceptors (Lipinski definition) is 4. The van der Waals surface area contributed by atoms with E-state index < -0.39 is 13.1 Å². The minimum atomic E-state index is -1.55. The first kappa shape index (κ1) is 11.2. The van der Waals surface area contributed by atoms with Crippen molar-refractivity contribution in [1.29, 1.82) is 0 Å². The quantitative estimate of drug-likeness (QED) is 0.513. The summed E-state index contributed by atoms with van der Waals surface area (Å²) in [5.74, 6) is -0.419. The number of ether oxygens (including phenoxy) is 1. The SMILES string of the molecule is COC(=O)c1cc(B(O)O)n2c1CCCC2. The minimum Gasteiger partial charge on any atom is -0.465 e. The summed E-state index contributed by atoms with van der Waals surface area (Å²) in [7, 11) is -0.222. The Morgan fingerprint density at radius 1 is 1.50 bits per heavy atom. The van der Waals surface area contributed by atoms with Crippen molar-refractivity contribution in [3.05, 3.63) is 17.3 Å². The molecule has 86 valence electrons. The summed E-state index contributed by atoms with van der Waals surface area (Å²) >= 11 is 0. The second kappa shape index (κ2) is 4.31. The summed E-state index contributed by atoms with van der Waals surface area (Å²) in [6.07, 6.45) is 2.77. The van der Waals surface area contributed by atoms with Gasteiger partial charge in [0.15, 0.2) is 0 Å². The molecule has 16 heavy (non-hydrogen) atoms. The molecule has 0 radical (unpaired) electrons. The number of fused-ring (bicyclic) bond motifs is 1. The summed E-state index contributed by atoms with van der Waals surface area (Å²) in [5.41, 5.74) is 1.67. The molecule has 0 fully saturated rings. The summed E-state index contributed by atoms with van der Waals surface area (Å²) in [5, 5.41) is 18.5. The number of rotatable bonds is 2. The average Bonchev–Trinajstić information content (AvgIpc) is 2.67. The second-order valence-electron chi connectivity index (χ2n) is 3.90. The van der Waals surface area contributed by atoms with Crippen LogP contribution in [0.25, 0.3) is 0 Å². The van der Waals surface area contributed by atoms with Crippen LogP contribution >= 0.6 is 0 Å². The van der Waals surface area contributed by atoms with Crippen LogP contribution in [0.2, 0.25) is 0 Å². The molecule has 0 aromatic carbocycles. The molecule has 1 aromatic heterocycles. The lowest BCUT2D eigenvalue weighted by Gasteiger charge is -2.18. The van der Waals surface area contributed by atoms with E-state index in [0.717, 1.165) is 31.5 Å². The Kier molecular flexibility index (Phi) is 3.02. The van der Waals surface area contributed by atoms with Crippen molar-refractivity contribution < 1.29 is 19.6 Å². The predicted octanol–water partition coefficient (Wildman–Crippen LogP) is -0.709. The summed E-state index contributed by atoms with van der Waals surface area (Å²) in [4.78, 5) is 11.5. The molecule has 0 unspecified atom stereocenters. The maximum absolute atomic E-state index is 11.5. The van der Waals surface area contributed by atoms with Gasteiger partial charge in [-0.15, -0.1) is 0 Å². The first-order chi connectivity index (χ1) is 7.65. The second-order valence-corrected chi connectivity index (χ2v) is 3.90. The number of aromatic nitrogens is 1. The van der Waals surface area contributed by atoms with Crippen LogP contribution in [0.5, 0.6) is 0 Å². The zero-order valence-corrected chi connectivity index (χ0v) is 9.14.